The minimum Gasteiger partial charge on any atom is -0.455 e. The molecule has 17 heavy (non-hydrogen) atoms. The molecule has 0 radical (unpaired) electrons. The molecule has 1 heterocycles. The molecule has 0 aliphatic carbocycles. The summed E-state index contributed by atoms with van der Waals surface area (Å²) in [5.74, 6) is 0.954. The van der Waals surface area contributed by atoms with Crippen molar-refractivity contribution in [1.29, 1.82) is 0 Å². The van der Waals surface area contributed by atoms with Crippen LogP contribution in [0.15, 0.2) is 41.1 Å². The maximum Gasteiger partial charge on any atom is 0.153 e. The second-order valence-electron chi connectivity index (χ2n) is 3.24. The number of hydrogen-bond donors (Lipinski definition) is 0. The summed E-state index contributed by atoms with van der Waals surface area (Å²) in [6, 6.07) is 6.81. The van der Waals surface area contributed by atoms with Crippen LogP contribution in [0.2, 0.25) is 5.02 Å². The van der Waals surface area contributed by atoms with Gasteiger partial charge >= 0.3 is 0 Å². The normalized spacial score (nSPS) is 10.0. The van der Waals surface area contributed by atoms with Gasteiger partial charge in [-0.25, -0.2) is 0 Å². The van der Waals surface area contributed by atoms with Gasteiger partial charge in [0.2, 0.25) is 0 Å². The standard InChI is InChI=1S/C12H7BrClNO2/c13-9-1-2-12(8(3-9)7-16)17-11-4-10(14)5-15-6-11/h1-7H. The van der Waals surface area contributed by atoms with E-state index in [-0.39, 0.29) is 0 Å². The highest BCUT2D eigenvalue weighted by Crippen LogP contribution is 2.27. The molecular formula is C12H7BrClNO2. The molecular weight excluding hydrogens is 305 g/mol. The van der Waals surface area contributed by atoms with E-state index in [0.717, 1.165) is 10.8 Å². The maximum atomic E-state index is 10.9. The highest BCUT2D eigenvalue weighted by Gasteiger charge is 2.05. The van der Waals surface area contributed by atoms with Crippen LogP contribution in [-0.2, 0) is 0 Å². The molecule has 0 N–H and O–H groups in total. The van der Waals surface area contributed by atoms with Gasteiger partial charge in [-0.05, 0) is 18.2 Å². The number of halogens is 2. The van der Waals surface area contributed by atoms with E-state index in [1.165, 1.54) is 12.4 Å². The number of hydrogen-bond acceptors (Lipinski definition) is 3. The highest BCUT2D eigenvalue weighted by molar-refractivity contribution is 9.10. The monoisotopic (exact) mass is 311 g/mol. The fraction of sp³-hybridized carbons (Fsp3) is 0. The van der Waals surface area contributed by atoms with Gasteiger partial charge in [-0.3, -0.25) is 9.78 Å². The average Bonchev–Trinajstić information content (AvgIpc) is 2.31. The molecule has 86 valence electrons. The van der Waals surface area contributed by atoms with Gasteiger partial charge in [0, 0.05) is 16.7 Å². The molecule has 3 nitrogen and oxygen atoms in total. The number of rotatable bonds is 3. The molecule has 1 aromatic heterocycles. The van der Waals surface area contributed by atoms with Crippen LogP contribution < -0.4 is 4.74 Å². The molecule has 0 amide bonds. The molecule has 5 heteroatoms. The fourth-order valence-corrected chi connectivity index (χ4v) is 1.82. The van der Waals surface area contributed by atoms with Crippen molar-refractivity contribution >= 4 is 33.8 Å². The van der Waals surface area contributed by atoms with Crippen molar-refractivity contribution in [3.63, 3.8) is 0 Å². The van der Waals surface area contributed by atoms with Gasteiger partial charge in [0.05, 0.1) is 16.8 Å². The van der Waals surface area contributed by atoms with Crippen molar-refractivity contribution in [3.05, 3.63) is 51.7 Å². The first-order valence-corrected chi connectivity index (χ1v) is 5.89. The first-order chi connectivity index (χ1) is 8.19. The van der Waals surface area contributed by atoms with E-state index in [2.05, 4.69) is 20.9 Å². The quantitative estimate of drug-likeness (QED) is 0.801. The minimum absolute atomic E-state index is 0.458. The third-order valence-corrected chi connectivity index (χ3v) is 2.71. The summed E-state index contributed by atoms with van der Waals surface area (Å²) in [7, 11) is 0. The first kappa shape index (κ1) is 12.1. The highest BCUT2D eigenvalue weighted by atomic mass is 79.9. The summed E-state index contributed by atoms with van der Waals surface area (Å²) in [4.78, 5) is 14.8. The van der Waals surface area contributed by atoms with E-state index in [1.54, 1.807) is 24.3 Å². The number of nitrogens with zero attached hydrogens (tertiary/aromatic N) is 1. The largest absolute Gasteiger partial charge is 0.455 e. The van der Waals surface area contributed by atoms with Gasteiger partial charge in [-0.1, -0.05) is 27.5 Å². The zero-order valence-corrected chi connectivity index (χ0v) is 10.9. The van der Waals surface area contributed by atoms with Crippen LogP contribution in [0.4, 0.5) is 0 Å². The van der Waals surface area contributed by atoms with Gasteiger partial charge in [-0.15, -0.1) is 0 Å². The molecule has 0 aliphatic rings. The second-order valence-corrected chi connectivity index (χ2v) is 4.59. The van der Waals surface area contributed by atoms with Gasteiger partial charge in [0.1, 0.15) is 11.5 Å². The van der Waals surface area contributed by atoms with Crippen molar-refractivity contribution < 1.29 is 9.53 Å². The predicted molar refractivity (Wildman–Crippen MR) is 68.9 cm³/mol. The van der Waals surface area contributed by atoms with Crippen molar-refractivity contribution in [3.8, 4) is 11.5 Å². The number of aldehydes is 1. The third kappa shape index (κ3) is 3.05. The molecule has 0 spiro atoms. The van der Waals surface area contributed by atoms with Crippen LogP contribution in [0.25, 0.3) is 0 Å². The summed E-state index contributed by atoms with van der Waals surface area (Å²) in [6.45, 7) is 0. The lowest BCUT2D eigenvalue weighted by atomic mass is 10.2. The van der Waals surface area contributed by atoms with Crippen LogP contribution in [0.3, 0.4) is 0 Å². The second kappa shape index (κ2) is 5.29. The summed E-state index contributed by atoms with van der Waals surface area (Å²) >= 11 is 9.08. The summed E-state index contributed by atoms with van der Waals surface area (Å²) in [5, 5.41) is 0.479. The minimum atomic E-state index is 0.458. The smallest absolute Gasteiger partial charge is 0.153 e. The van der Waals surface area contributed by atoms with E-state index in [1.807, 2.05) is 0 Å². The zero-order valence-electron chi connectivity index (χ0n) is 8.56. The molecule has 0 atom stereocenters. The van der Waals surface area contributed by atoms with Gasteiger partial charge in [0.25, 0.3) is 0 Å². The number of carbonyl (C=O) groups excluding carboxylic acids is 1. The van der Waals surface area contributed by atoms with Crippen LogP contribution >= 0.6 is 27.5 Å². The molecule has 0 fully saturated rings. The Labute approximate surface area is 112 Å². The van der Waals surface area contributed by atoms with E-state index >= 15 is 0 Å². The first-order valence-electron chi connectivity index (χ1n) is 4.72. The number of benzene rings is 1. The molecule has 0 bridgehead atoms. The van der Waals surface area contributed by atoms with Crippen molar-refractivity contribution in [2.24, 2.45) is 0 Å². The fourth-order valence-electron chi connectivity index (χ4n) is 1.28. The van der Waals surface area contributed by atoms with Crippen molar-refractivity contribution in [1.82, 2.24) is 4.98 Å². The van der Waals surface area contributed by atoms with Gasteiger partial charge in [-0.2, -0.15) is 0 Å². The Hall–Kier alpha value is -1.39. The lowest BCUT2D eigenvalue weighted by Crippen LogP contribution is -1.91. The SMILES string of the molecule is O=Cc1cc(Br)ccc1Oc1cncc(Cl)c1. The molecule has 2 aromatic rings. The zero-order chi connectivity index (χ0) is 12.3. The Morgan fingerprint density at radius 3 is 2.82 bits per heavy atom. The van der Waals surface area contributed by atoms with Crippen LogP contribution in [0, 0.1) is 0 Å². The number of ether oxygens (including phenoxy) is 1. The summed E-state index contributed by atoms with van der Waals surface area (Å²) in [5.41, 5.74) is 0.458. The maximum absolute atomic E-state index is 10.9. The van der Waals surface area contributed by atoms with E-state index in [4.69, 9.17) is 16.3 Å². The molecule has 0 unspecified atom stereocenters. The Morgan fingerprint density at radius 1 is 1.29 bits per heavy atom. The predicted octanol–water partition coefficient (Wildman–Crippen LogP) is 4.10. The summed E-state index contributed by atoms with van der Waals surface area (Å²) in [6.07, 6.45) is 3.78. The molecule has 0 saturated carbocycles. The van der Waals surface area contributed by atoms with Gasteiger partial charge in [0.15, 0.2) is 6.29 Å². The molecule has 1 aromatic carbocycles. The van der Waals surface area contributed by atoms with Crippen molar-refractivity contribution in [2.45, 2.75) is 0 Å². The molecule has 0 aliphatic heterocycles. The van der Waals surface area contributed by atoms with Gasteiger partial charge < -0.3 is 4.74 Å². The average molecular weight is 313 g/mol. The Morgan fingerprint density at radius 2 is 2.12 bits per heavy atom. The number of pyridine rings is 1. The van der Waals surface area contributed by atoms with Crippen LogP contribution in [0.5, 0.6) is 11.5 Å². The van der Waals surface area contributed by atoms with Crippen molar-refractivity contribution in [2.75, 3.05) is 0 Å². The van der Waals surface area contributed by atoms with Crippen LogP contribution in [0.1, 0.15) is 10.4 Å². The van der Waals surface area contributed by atoms with E-state index < -0.39 is 0 Å². The Balaban J connectivity index is 2.32. The topological polar surface area (TPSA) is 39.2 Å². The number of carbonyl (C=O) groups is 1. The van der Waals surface area contributed by atoms with E-state index in [9.17, 15) is 4.79 Å². The van der Waals surface area contributed by atoms with E-state index in [0.29, 0.717) is 22.1 Å². The summed E-state index contributed by atoms with van der Waals surface area (Å²) < 4.78 is 6.35. The molecule has 2 rings (SSSR count). The molecule has 0 saturated heterocycles. The lowest BCUT2D eigenvalue weighted by molar-refractivity contribution is 0.112. The number of aromatic nitrogens is 1. The van der Waals surface area contributed by atoms with Crippen LogP contribution in [-0.4, -0.2) is 11.3 Å². The Kier molecular flexibility index (Phi) is 3.76. The Bertz CT molecular complexity index is 560. The third-order valence-electron chi connectivity index (χ3n) is 2.01. The lowest BCUT2D eigenvalue weighted by Gasteiger charge is -2.07.